The zero-order valence-corrected chi connectivity index (χ0v) is 14.2. The average molecular weight is 340 g/mol. The topological polar surface area (TPSA) is 23.8 Å². The van der Waals surface area contributed by atoms with Crippen LogP contribution in [-0.2, 0) is 0 Å². The van der Waals surface area contributed by atoms with E-state index in [0.717, 1.165) is 32.7 Å². The molecule has 0 N–H and O–H groups in total. The number of hydrogen-bond donors (Lipinski definition) is 0. The number of nitriles is 1. The molecule has 0 unspecified atom stereocenters. The number of hydrogen-bond acceptors (Lipinski definition) is 1. The molecular formula is C23H14ClN. The normalized spacial score (nSPS) is 11.6. The number of allylic oxidation sites excluding steroid dienone is 1. The molecule has 0 saturated carbocycles. The molecule has 4 aromatic rings. The Morgan fingerprint density at radius 3 is 1.96 bits per heavy atom. The average Bonchev–Trinajstić information content (AvgIpc) is 2.66. The van der Waals surface area contributed by atoms with Gasteiger partial charge >= 0.3 is 0 Å². The predicted octanol–water partition coefficient (Wildman–Crippen LogP) is 6.71. The van der Waals surface area contributed by atoms with E-state index >= 15 is 0 Å². The minimum absolute atomic E-state index is 0.562. The zero-order valence-electron chi connectivity index (χ0n) is 13.4. The molecule has 0 aliphatic carbocycles. The number of rotatable bonds is 2. The van der Waals surface area contributed by atoms with Crippen LogP contribution in [0.1, 0.15) is 11.1 Å². The number of fused-ring (bicyclic) bond motifs is 2. The summed E-state index contributed by atoms with van der Waals surface area (Å²) >= 11 is 6.31. The molecule has 0 radical (unpaired) electrons. The Bertz CT molecular complexity index is 1110. The fourth-order valence-corrected chi connectivity index (χ4v) is 3.44. The maximum Gasteiger partial charge on any atom is 0.0998 e. The first kappa shape index (κ1) is 15.4. The quantitative estimate of drug-likeness (QED) is 0.226. The first-order valence-corrected chi connectivity index (χ1v) is 8.43. The molecule has 0 fully saturated rings. The predicted molar refractivity (Wildman–Crippen MR) is 106 cm³/mol. The van der Waals surface area contributed by atoms with Gasteiger partial charge in [-0.05, 0) is 45.3 Å². The summed E-state index contributed by atoms with van der Waals surface area (Å²) in [6.45, 7) is 0. The first-order valence-electron chi connectivity index (χ1n) is 8.05. The Morgan fingerprint density at radius 1 is 0.800 bits per heavy atom. The fourth-order valence-electron chi connectivity index (χ4n) is 3.20. The minimum atomic E-state index is 0.562. The molecule has 0 heterocycles. The van der Waals surface area contributed by atoms with Crippen molar-refractivity contribution in [3.05, 3.63) is 95.0 Å². The van der Waals surface area contributed by atoms with Crippen molar-refractivity contribution in [3.63, 3.8) is 0 Å². The summed E-state index contributed by atoms with van der Waals surface area (Å²) in [7, 11) is 0. The Labute approximate surface area is 151 Å². The van der Waals surface area contributed by atoms with Gasteiger partial charge in [-0.1, -0.05) is 78.3 Å². The van der Waals surface area contributed by atoms with Gasteiger partial charge in [0.2, 0.25) is 0 Å². The summed E-state index contributed by atoms with van der Waals surface area (Å²) in [5.74, 6) is 0. The SMILES string of the molecule is N#CC(=Cc1c2ccccc2cc2ccccc12)c1ccccc1Cl. The van der Waals surface area contributed by atoms with Crippen LogP contribution in [0.5, 0.6) is 0 Å². The van der Waals surface area contributed by atoms with E-state index in [1.165, 1.54) is 0 Å². The van der Waals surface area contributed by atoms with Gasteiger partial charge in [-0.2, -0.15) is 5.26 Å². The van der Waals surface area contributed by atoms with Crippen LogP contribution in [0.2, 0.25) is 5.02 Å². The standard InChI is InChI=1S/C23H14ClN/c24-23-12-6-5-11-21(23)18(15-25)14-22-19-9-3-1-7-16(19)13-17-8-2-4-10-20(17)22/h1-14H. The van der Waals surface area contributed by atoms with Gasteiger partial charge in [0.25, 0.3) is 0 Å². The van der Waals surface area contributed by atoms with Gasteiger partial charge in [0, 0.05) is 10.6 Å². The number of benzene rings is 4. The van der Waals surface area contributed by atoms with Crippen molar-refractivity contribution in [2.24, 2.45) is 0 Å². The molecule has 0 saturated heterocycles. The molecule has 0 amide bonds. The van der Waals surface area contributed by atoms with E-state index < -0.39 is 0 Å². The Kier molecular flexibility index (Phi) is 3.98. The molecule has 4 rings (SSSR count). The van der Waals surface area contributed by atoms with Crippen molar-refractivity contribution in [1.29, 1.82) is 5.26 Å². The third-order valence-electron chi connectivity index (χ3n) is 4.39. The monoisotopic (exact) mass is 339 g/mol. The molecule has 0 spiro atoms. The molecule has 0 aliphatic heterocycles. The highest BCUT2D eigenvalue weighted by molar-refractivity contribution is 6.33. The molecule has 0 bridgehead atoms. The number of nitrogens with zero attached hydrogens (tertiary/aromatic N) is 1. The van der Waals surface area contributed by atoms with Crippen LogP contribution < -0.4 is 0 Å². The van der Waals surface area contributed by atoms with Crippen molar-refractivity contribution < 1.29 is 0 Å². The first-order chi connectivity index (χ1) is 12.3. The van der Waals surface area contributed by atoms with E-state index in [9.17, 15) is 5.26 Å². The van der Waals surface area contributed by atoms with Crippen LogP contribution in [0.25, 0.3) is 33.2 Å². The lowest BCUT2D eigenvalue weighted by Crippen LogP contribution is -1.87. The zero-order chi connectivity index (χ0) is 17.2. The van der Waals surface area contributed by atoms with E-state index in [4.69, 9.17) is 11.6 Å². The largest absolute Gasteiger partial charge is 0.192 e. The van der Waals surface area contributed by atoms with Gasteiger partial charge in [-0.25, -0.2) is 0 Å². The van der Waals surface area contributed by atoms with Crippen molar-refractivity contribution in [2.45, 2.75) is 0 Å². The highest BCUT2D eigenvalue weighted by Gasteiger charge is 2.10. The molecule has 0 atom stereocenters. The summed E-state index contributed by atoms with van der Waals surface area (Å²) in [6.07, 6.45) is 1.95. The molecule has 4 aromatic carbocycles. The third kappa shape index (κ3) is 2.78. The minimum Gasteiger partial charge on any atom is -0.192 e. The van der Waals surface area contributed by atoms with Crippen LogP contribution in [0, 0.1) is 11.3 Å². The van der Waals surface area contributed by atoms with Crippen LogP contribution in [0.15, 0.2) is 78.9 Å². The highest BCUT2D eigenvalue weighted by atomic mass is 35.5. The van der Waals surface area contributed by atoms with Crippen molar-refractivity contribution in [3.8, 4) is 6.07 Å². The van der Waals surface area contributed by atoms with Crippen molar-refractivity contribution in [2.75, 3.05) is 0 Å². The van der Waals surface area contributed by atoms with Gasteiger partial charge in [-0.3, -0.25) is 0 Å². The summed E-state index contributed by atoms with van der Waals surface area (Å²) in [5, 5.41) is 14.9. The Hall–Kier alpha value is -3.08. The highest BCUT2D eigenvalue weighted by Crippen LogP contribution is 2.33. The van der Waals surface area contributed by atoms with Gasteiger partial charge in [-0.15, -0.1) is 0 Å². The van der Waals surface area contributed by atoms with Crippen molar-refractivity contribution >= 4 is 44.8 Å². The smallest absolute Gasteiger partial charge is 0.0998 e. The fraction of sp³-hybridized carbons (Fsp3) is 0. The molecule has 2 heteroatoms. The van der Waals surface area contributed by atoms with Gasteiger partial charge in [0.15, 0.2) is 0 Å². The van der Waals surface area contributed by atoms with Gasteiger partial charge in [0.05, 0.1) is 11.6 Å². The van der Waals surface area contributed by atoms with E-state index in [1.54, 1.807) is 0 Å². The third-order valence-corrected chi connectivity index (χ3v) is 4.72. The molecule has 0 aliphatic rings. The summed E-state index contributed by atoms with van der Waals surface area (Å²) in [4.78, 5) is 0. The maximum atomic E-state index is 9.73. The van der Waals surface area contributed by atoms with Gasteiger partial charge < -0.3 is 0 Å². The van der Waals surface area contributed by atoms with E-state index in [0.29, 0.717) is 10.6 Å². The maximum absolute atomic E-state index is 9.73. The Morgan fingerprint density at radius 2 is 1.36 bits per heavy atom. The van der Waals surface area contributed by atoms with E-state index in [2.05, 4.69) is 36.4 Å². The van der Waals surface area contributed by atoms with Crippen LogP contribution >= 0.6 is 11.6 Å². The molecule has 1 nitrogen and oxygen atoms in total. The van der Waals surface area contributed by atoms with Crippen LogP contribution in [-0.4, -0.2) is 0 Å². The number of halogens is 1. The lowest BCUT2D eigenvalue weighted by atomic mass is 9.94. The van der Waals surface area contributed by atoms with E-state index in [-0.39, 0.29) is 0 Å². The van der Waals surface area contributed by atoms with Crippen LogP contribution in [0.4, 0.5) is 0 Å². The molecule has 25 heavy (non-hydrogen) atoms. The summed E-state index contributed by atoms with van der Waals surface area (Å²) in [6, 6.07) is 28.4. The lowest BCUT2D eigenvalue weighted by molar-refractivity contribution is 1.52. The summed E-state index contributed by atoms with van der Waals surface area (Å²) < 4.78 is 0. The second kappa shape index (κ2) is 6.43. The molecule has 0 aromatic heterocycles. The molecule has 118 valence electrons. The second-order valence-electron chi connectivity index (χ2n) is 5.88. The second-order valence-corrected chi connectivity index (χ2v) is 6.29. The van der Waals surface area contributed by atoms with Gasteiger partial charge in [0.1, 0.15) is 0 Å². The summed E-state index contributed by atoms with van der Waals surface area (Å²) in [5.41, 5.74) is 2.36. The van der Waals surface area contributed by atoms with Crippen LogP contribution in [0.3, 0.4) is 0 Å². The van der Waals surface area contributed by atoms with Crippen molar-refractivity contribution in [1.82, 2.24) is 0 Å². The Balaban J connectivity index is 2.08. The van der Waals surface area contributed by atoms with E-state index in [1.807, 2.05) is 54.6 Å². The lowest BCUT2D eigenvalue weighted by Gasteiger charge is -2.10. The molecular weight excluding hydrogens is 326 g/mol.